The van der Waals surface area contributed by atoms with E-state index in [-0.39, 0.29) is 0 Å². The van der Waals surface area contributed by atoms with Gasteiger partial charge in [0.05, 0.1) is 0 Å². The molecule has 2 aromatic heterocycles. The van der Waals surface area contributed by atoms with Gasteiger partial charge in [-0.2, -0.15) is 0 Å². The largest absolute Gasteiger partial charge is 0.315 e. The summed E-state index contributed by atoms with van der Waals surface area (Å²) >= 11 is 0. The molecule has 0 aliphatic carbocycles. The standard InChI is InChI=1S/C16H22N4/c1-3-9-19-15(5-1)7-11-17-13-14-18-12-8-16-6-2-4-10-20-16/h1-6,9-10,17-18H,7-8,11-14H2. The fourth-order valence-electron chi connectivity index (χ4n) is 1.95. The Hall–Kier alpha value is -1.78. The summed E-state index contributed by atoms with van der Waals surface area (Å²) in [6.07, 6.45) is 5.65. The minimum atomic E-state index is 0.971. The summed E-state index contributed by atoms with van der Waals surface area (Å²) in [4.78, 5) is 8.59. The van der Waals surface area contributed by atoms with E-state index in [2.05, 4.69) is 32.7 Å². The van der Waals surface area contributed by atoms with Crippen molar-refractivity contribution in [3.05, 3.63) is 60.2 Å². The number of rotatable bonds is 9. The van der Waals surface area contributed by atoms with Gasteiger partial charge in [0.25, 0.3) is 0 Å². The number of hydrogen-bond acceptors (Lipinski definition) is 4. The Morgan fingerprint density at radius 2 is 1.15 bits per heavy atom. The van der Waals surface area contributed by atoms with E-state index in [4.69, 9.17) is 0 Å². The summed E-state index contributed by atoms with van der Waals surface area (Å²) in [5, 5.41) is 6.83. The second-order valence-electron chi connectivity index (χ2n) is 4.64. The van der Waals surface area contributed by atoms with Crippen LogP contribution in [0.15, 0.2) is 48.8 Å². The first-order chi connectivity index (χ1) is 9.95. The fraction of sp³-hybridized carbons (Fsp3) is 0.375. The van der Waals surface area contributed by atoms with E-state index in [9.17, 15) is 0 Å². The zero-order valence-electron chi connectivity index (χ0n) is 11.8. The summed E-state index contributed by atoms with van der Waals surface area (Å²) in [6.45, 7) is 3.90. The predicted molar refractivity (Wildman–Crippen MR) is 81.6 cm³/mol. The van der Waals surface area contributed by atoms with Gasteiger partial charge < -0.3 is 10.6 Å². The molecule has 0 radical (unpaired) electrons. The van der Waals surface area contributed by atoms with Gasteiger partial charge in [0.1, 0.15) is 0 Å². The number of nitrogens with zero attached hydrogens (tertiary/aromatic N) is 2. The molecule has 4 nitrogen and oxygen atoms in total. The summed E-state index contributed by atoms with van der Waals surface area (Å²) in [5.41, 5.74) is 2.28. The number of nitrogens with one attached hydrogen (secondary N) is 2. The van der Waals surface area contributed by atoms with Crippen LogP contribution in [-0.2, 0) is 12.8 Å². The molecule has 0 atom stereocenters. The molecule has 106 valence electrons. The van der Waals surface area contributed by atoms with Crippen LogP contribution in [0.25, 0.3) is 0 Å². The topological polar surface area (TPSA) is 49.8 Å². The van der Waals surface area contributed by atoms with Crippen molar-refractivity contribution in [3.8, 4) is 0 Å². The Bertz CT molecular complexity index is 413. The minimum Gasteiger partial charge on any atom is -0.315 e. The molecule has 2 aromatic rings. The maximum atomic E-state index is 4.30. The summed E-state index contributed by atoms with van der Waals surface area (Å²) < 4.78 is 0. The van der Waals surface area contributed by atoms with Crippen molar-refractivity contribution in [2.75, 3.05) is 26.2 Å². The molecule has 2 rings (SSSR count). The average molecular weight is 270 g/mol. The quantitative estimate of drug-likeness (QED) is 0.677. The molecule has 0 spiro atoms. The highest BCUT2D eigenvalue weighted by atomic mass is 14.9. The van der Waals surface area contributed by atoms with Crippen LogP contribution in [0.4, 0.5) is 0 Å². The van der Waals surface area contributed by atoms with E-state index in [0.29, 0.717) is 0 Å². The molecular formula is C16H22N4. The van der Waals surface area contributed by atoms with Crippen molar-refractivity contribution in [1.29, 1.82) is 0 Å². The van der Waals surface area contributed by atoms with Crippen LogP contribution in [-0.4, -0.2) is 36.1 Å². The van der Waals surface area contributed by atoms with Crippen LogP contribution in [0.5, 0.6) is 0 Å². The summed E-state index contributed by atoms with van der Waals surface area (Å²) in [5.74, 6) is 0. The van der Waals surface area contributed by atoms with Crippen LogP contribution in [0, 0.1) is 0 Å². The van der Waals surface area contributed by atoms with E-state index in [1.165, 1.54) is 0 Å². The lowest BCUT2D eigenvalue weighted by Gasteiger charge is -2.06. The van der Waals surface area contributed by atoms with E-state index in [0.717, 1.165) is 50.4 Å². The van der Waals surface area contributed by atoms with Crippen LogP contribution >= 0.6 is 0 Å². The van der Waals surface area contributed by atoms with E-state index >= 15 is 0 Å². The second-order valence-corrected chi connectivity index (χ2v) is 4.64. The molecule has 0 bridgehead atoms. The van der Waals surface area contributed by atoms with Gasteiger partial charge in [-0.1, -0.05) is 12.1 Å². The van der Waals surface area contributed by atoms with Crippen LogP contribution in [0.2, 0.25) is 0 Å². The molecular weight excluding hydrogens is 248 g/mol. The van der Waals surface area contributed by atoms with Crippen molar-refractivity contribution in [2.24, 2.45) is 0 Å². The molecule has 2 N–H and O–H groups in total. The van der Waals surface area contributed by atoms with E-state index in [1.54, 1.807) is 0 Å². The minimum absolute atomic E-state index is 0.971. The Morgan fingerprint density at radius 3 is 1.55 bits per heavy atom. The average Bonchev–Trinajstić information content (AvgIpc) is 2.52. The molecule has 0 saturated heterocycles. The Kier molecular flexibility index (Phi) is 6.71. The van der Waals surface area contributed by atoms with Gasteiger partial charge in [0.2, 0.25) is 0 Å². The Morgan fingerprint density at radius 1 is 0.650 bits per heavy atom. The molecule has 0 fully saturated rings. The maximum absolute atomic E-state index is 4.30. The monoisotopic (exact) mass is 270 g/mol. The lowest BCUT2D eigenvalue weighted by molar-refractivity contribution is 0.607. The lowest BCUT2D eigenvalue weighted by atomic mass is 10.2. The van der Waals surface area contributed by atoms with Crippen molar-refractivity contribution < 1.29 is 0 Å². The van der Waals surface area contributed by atoms with Crippen LogP contribution in [0.3, 0.4) is 0 Å². The molecule has 4 heteroatoms. The molecule has 0 unspecified atom stereocenters. The van der Waals surface area contributed by atoms with Gasteiger partial charge >= 0.3 is 0 Å². The van der Waals surface area contributed by atoms with E-state index in [1.807, 2.05) is 36.7 Å². The SMILES string of the molecule is c1ccc(CCNCCNCCc2ccccn2)nc1. The molecule has 20 heavy (non-hydrogen) atoms. The van der Waals surface area contributed by atoms with Gasteiger partial charge in [0.15, 0.2) is 0 Å². The Balaban J connectivity index is 1.44. The summed E-state index contributed by atoms with van der Waals surface area (Å²) in [7, 11) is 0. The molecule has 0 saturated carbocycles. The molecule has 0 aliphatic heterocycles. The van der Waals surface area contributed by atoms with Crippen molar-refractivity contribution in [1.82, 2.24) is 20.6 Å². The van der Waals surface area contributed by atoms with Crippen LogP contribution < -0.4 is 10.6 Å². The van der Waals surface area contributed by atoms with Crippen molar-refractivity contribution in [3.63, 3.8) is 0 Å². The first kappa shape index (κ1) is 14.6. The smallest absolute Gasteiger partial charge is 0.0416 e. The number of hydrogen-bond donors (Lipinski definition) is 2. The number of pyridine rings is 2. The maximum Gasteiger partial charge on any atom is 0.0416 e. The van der Waals surface area contributed by atoms with Gasteiger partial charge in [-0.3, -0.25) is 9.97 Å². The highest BCUT2D eigenvalue weighted by Crippen LogP contribution is 1.93. The molecule has 0 aromatic carbocycles. The zero-order valence-corrected chi connectivity index (χ0v) is 11.8. The molecule has 0 amide bonds. The third-order valence-electron chi connectivity index (χ3n) is 3.05. The highest BCUT2D eigenvalue weighted by Gasteiger charge is 1.94. The van der Waals surface area contributed by atoms with Gasteiger partial charge in [-0.15, -0.1) is 0 Å². The first-order valence-electron chi connectivity index (χ1n) is 7.16. The third-order valence-corrected chi connectivity index (χ3v) is 3.05. The summed E-state index contributed by atoms with van der Waals surface area (Å²) in [6, 6.07) is 12.1. The van der Waals surface area contributed by atoms with E-state index < -0.39 is 0 Å². The van der Waals surface area contributed by atoms with Gasteiger partial charge in [-0.05, 0) is 24.3 Å². The second kappa shape index (κ2) is 9.18. The van der Waals surface area contributed by atoms with Gasteiger partial charge in [0, 0.05) is 62.8 Å². The molecule has 0 aliphatic rings. The van der Waals surface area contributed by atoms with Crippen molar-refractivity contribution in [2.45, 2.75) is 12.8 Å². The normalized spacial score (nSPS) is 10.6. The Labute approximate surface area is 120 Å². The predicted octanol–water partition coefficient (Wildman–Crippen LogP) is 1.44. The number of aromatic nitrogens is 2. The fourth-order valence-corrected chi connectivity index (χ4v) is 1.95. The third kappa shape index (κ3) is 5.91. The van der Waals surface area contributed by atoms with Gasteiger partial charge in [-0.25, -0.2) is 0 Å². The van der Waals surface area contributed by atoms with Crippen molar-refractivity contribution >= 4 is 0 Å². The first-order valence-corrected chi connectivity index (χ1v) is 7.16. The zero-order chi connectivity index (χ0) is 13.9. The molecule has 2 heterocycles. The van der Waals surface area contributed by atoms with Crippen LogP contribution in [0.1, 0.15) is 11.4 Å². The lowest BCUT2D eigenvalue weighted by Crippen LogP contribution is -2.30. The highest BCUT2D eigenvalue weighted by molar-refractivity contribution is 5.04.